The molecule has 104 valence electrons. The molecular formula is C13H24N2O3. The number of nitrogens with one attached hydrogen (secondary N) is 2. The lowest BCUT2D eigenvalue weighted by Crippen LogP contribution is -2.48. The van der Waals surface area contributed by atoms with Crippen molar-refractivity contribution in [1.29, 1.82) is 0 Å². The first-order valence-corrected chi connectivity index (χ1v) is 6.80. The van der Waals surface area contributed by atoms with Crippen LogP contribution in [0.15, 0.2) is 0 Å². The van der Waals surface area contributed by atoms with Gasteiger partial charge in [0.1, 0.15) is 6.04 Å². The van der Waals surface area contributed by atoms with Crippen LogP contribution in [-0.4, -0.2) is 35.6 Å². The summed E-state index contributed by atoms with van der Waals surface area (Å²) in [5.74, 6) is -1.24. The van der Waals surface area contributed by atoms with Crippen LogP contribution in [-0.2, 0) is 9.59 Å². The number of carboxylic acid groups (broad SMARTS) is 1. The molecule has 3 N–H and O–H groups in total. The SMILES string of the molecule is CC[C@H](C)[C@H](NC(=O)CNC1CCCC1)C(=O)O. The number of aliphatic carboxylic acids is 1. The molecule has 5 nitrogen and oxygen atoms in total. The number of rotatable bonds is 7. The number of carbonyl (C=O) groups excluding carboxylic acids is 1. The maximum absolute atomic E-state index is 11.7. The second-order valence-corrected chi connectivity index (χ2v) is 5.13. The highest BCUT2D eigenvalue weighted by molar-refractivity contribution is 5.84. The molecule has 1 fully saturated rings. The highest BCUT2D eigenvalue weighted by atomic mass is 16.4. The van der Waals surface area contributed by atoms with Crippen molar-refractivity contribution in [3.8, 4) is 0 Å². The molecule has 0 saturated heterocycles. The van der Waals surface area contributed by atoms with E-state index in [0.29, 0.717) is 6.04 Å². The molecule has 0 aliphatic heterocycles. The van der Waals surface area contributed by atoms with Crippen molar-refractivity contribution in [3.05, 3.63) is 0 Å². The summed E-state index contributed by atoms with van der Waals surface area (Å²) in [4.78, 5) is 22.8. The van der Waals surface area contributed by atoms with E-state index in [-0.39, 0.29) is 18.4 Å². The zero-order valence-corrected chi connectivity index (χ0v) is 11.2. The van der Waals surface area contributed by atoms with Gasteiger partial charge in [-0.25, -0.2) is 4.79 Å². The van der Waals surface area contributed by atoms with Crippen molar-refractivity contribution >= 4 is 11.9 Å². The fourth-order valence-electron chi connectivity index (χ4n) is 2.27. The smallest absolute Gasteiger partial charge is 0.326 e. The Labute approximate surface area is 108 Å². The lowest BCUT2D eigenvalue weighted by Gasteiger charge is -2.20. The van der Waals surface area contributed by atoms with Gasteiger partial charge in [-0.05, 0) is 18.8 Å². The second-order valence-electron chi connectivity index (χ2n) is 5.13. The van der Waals surface area contributed by atoms with Crippen molar-refractivity contribution in [2.24, 2.45) is 5.92 Å². The summed E-state index contributed by atoms with van der Waals surface area (Å²) in [5, 5.41) is 14.8. The maximum Gasteiger partial charge on any atom is 0.326 e. The summed E-state index contributed by atoms with van der Waals surface area (Å²) >= 11 is 0. The summed E-state index contributed by atoms with van der Waals surface area (Å²) in [6.07, 6.45) is 5.38. The van der Waals surface area contributed by atoms with Crippen LogP contribution in [0.3, 0.4) is 0 Å². The van der Waals surface area contributed by atoms with E-state index in [1.54, 1.807) is 0 Å². The van der Waals surface area contributed by atoms with Crippen LogP contribution in [0.5, 0.6) is 0 Å². The third-order valence-electron chi connectivity index (χ3n) is 3.70. The van der Waals surface area contributed by atoms with Crippen LogP contribution in [0.1, 0.15) is 46.0 Å². The van der Waals surface area contributed by atoms with Crippen molar-refractivity contribution < 1.29 is 14.7 Å². The molecule has 1 aliphatic carbocycles. The average Bonchev–Trinajstić information content (AvgIpc) is 2.85. The number of carboxylic acids is 1. The summed E-state index contributed by atoms with van der Waals surface area (Å²) in [5.41, 5.74) is 0. The van der Waals surface area contributed by atoms with E-state index in [1.165, 1.54) is 12.8 Å². The van der Waals surface area contributed by atoms with Gasteiger partial charge in [-0.2, -0.15) is 0 Å². The summed E-state index contributed by atoms with van der Waals surface area (Å²) < 4.78 is 0. The van der Waals surface area contributed by atoms with Gasteiger partial charge in [0.2, 0.25) is 5.91 Å². The number of hydrogen-bond acceptors (Lipinski definition) is 3. The Balaban J connectivity index is 2.33. The van der Waals surface area contributed by atoms with Gasteiger partial charge in [0.25, 0.3) is 0 Å². The Morgan fingerprint density at radius 3 is 2.44 bits per heavy atom. The van der Waals surface area contributed by atoms with E-state index >= 15 is 0 Å². The van der Waals surface area contributed by atoms with Gasteiger partial charge in [0.05, 0.1) is 6.54 Å². The van der Waals surface area contributed by atoms with E-state index in [1.807, 2.05) is 13.8 Å². The van der Waals surface area contributed by atoms with Gasteiger partial charge >= 0.3 is 5.97 Å². The van der Waals surface area contributed by atoms with Gasteiger partial charge in [-0.15, -0.1) is 0 Å². The molecule has 0 aromatic rings. The van der Waals surface area contributed by atoms with E-state index in [0.717, 1.165) is 19.3 Å². The fourth-order valence-corrected chi connectivity index (χ4v) is 2.27. The first-order valence-electron chi connectivity index (χ1n) is 6.80. The van der Waals surface area contributed by atoms with Crippen molar-refractivity contribution in [3.63, 3.8) is 0 Å². The molecule has 1 aliphatic rings. The molecule has 0 bridgehead atoms. The maximum atomic E-state index is 11.7. The van der Waals surface area contributed by atoms with Crippen LogP contribution in [0.2, 0.25) is 0 Å². The van der Waals surface area contributed by atoms with Gasteiger partial charge < -0.3 is 15.7 Å². The summed E-state index contributed by atoms with van der Waals surface area (Å²) in [6, 6.07) is -0.365. The molecule has 0 unspecified atom stereocenters. The van der Waals surface area contributed by atoms with Crippen molar-refractivity contribution in [2.75, 3.05) is 6.54 Å². The third-order valence-corrected chi connectivity index (χ3v) is 3.70. The third kappa shape index (κ3) is 4.64. The van der Waals surface area contributed by atoms with Gasteiger partial charge in [0, 0.05) is 6.04 Å². The second kappa shape index (κ2) is 7.36. The van der Waals surface area contributed by atoms with E-state index in [2.05, 4.69) is 10.6 Å². The molecule has 1 amide bonds. The zero-order valence-electron chi connectivity index (χ0n) is 11.2. The molecule has 0 aromatic carbocycles. The minimum Gasteiger partial charge on any atom is -0.480 e. The average molecular weight is 256 g/mol. The number of hydrogen-bond donors (Lipinski definition) is 3. The predicted molar refractivity (Wildman–Crippen MR) is 69.3 cm³/mol. The number of amides is 1. The molecule has 0 aromatic heterocycles. The zero-order chi connectivity index (χ0) is 13.5. The molecule has 18 heavy (non-hydrogen) atoms. The molecule has 5 heteroatoms. The molecule has 1 saturated carbocycles. The fraction of sp³-hybridized carbons (Fsp3) is 0.846. The van der Waals surface area contributed by atoms with Gasteiger partial charge in [0.15, 0.2) is 0 Å². The van der Waals surface area contributed by atoms with Crippen LogP contribution in [0, 0.1) is 5.92 Å². The predicted octanol–water partition coefficient (Wildman–Crippen LogP) is 1.13. The summed E-state index contributed by atoms with van der Waals surface area (Å²) in [6.45, 7) is 3.97. The topological polar surface area (TPSA) is 78.4 Å². The first kappa shape index (κ1) is 15.0. The normalized spacial score (nSPS) is 19.4. The Bertz CT molecular complexity index is 288. The molecule has 2 atom stereocenters. The van der Waals surface area contributed by atoms with E-state index in [9.17, 15) is 9.59 Å². The standard InChI is InChI=1S/C13H24N2O3/c1-3-9(2)12(13(17)18)15-11(16)8-14-10-6-4-5-7-10/h9-10,12,14H,3-8H2,1-2H3,(H,15,16)(H,17,18)/t9-,12-/m0/s1. The molecule has 1 rings (SSSR count). The van der Waals surface area contributed by atoms with Gasteiger partial charge in [-0.3, -0.25) is 4.79 Å². The Morgan fingerprint density at radius 2 is 1.94 bits per heavy atom. The van der Waals surface area contributed by atoms with Crippen molar-refractivity contribution in [1.82, 2.24) is 10.6 Å². The lowest BCUT2D eigenvalue weighted by atomic mass is 9.99. The quantitative estimate of drug-likeness (QED) is 0.638. The van der Waals surface area contributed by atoms with Crippen LogP contribution in [0.4, 0.5) is 0 Å². The first-order chi connectivity index (χ1) is 8.54. The molecule has 0 spiro atoms. The van der Waals surface area contributed by atoms with Gasteiger partial charge in [-0.1, -0.05) is 33.1 Å². The van der Waals surface area contributed by atoms with E-state index in [4.69, 9.17) is 5.11 Å². The highest BCUT2D eigenvalue weighted by Gasteiger charge is 2.25. The Kier molecular flexibility index (Phi) is 6.12. The minimum atomic E-state index is -0.960. The van der Waals surface area contributed by atoms with E-state index < -0.39 is 12.0 Å². The van der Waals surface area contributed by atoms with Crippen LogP contribution in [0.25, 0.3) is 0 Å². The molecule has 0 heterocycles. The molecular weight excluding hydrogens is 232 g/mol. The largest absolute Gasteiger partial charge is 0.480 e. The number of carbonyl (C=O) groups is 2. The lowest BCUT2D eigenvalue weighted by molar-refractivity contribution is -0.143. The van der Waals surface area contributed by atoms with Crippen LogP contribution >= 0.6 is 0 Å². The highest BCUT2D eigenvalue weighted by Crippen LogP contribution is 2.17. The minimum absolute atomic E-state index is 0.0575. The summed E-state index contributed by atoms with van der Waals surface area (Å²) in [7, 11) is 0. The monoisotopic (exact) mass is 256 g/mol. The Morgan fingerprint density at radius 1 is 1.33 bits per heavy atom. The van der Waals surface area contributed by atoms with Crippen molar-refractivity contribution in [2.45, 2.75) is 58.0 Å². The molecule has 0 radical (unpaired) electrons. The van der Waals surface area contributed by atoms with Crippen LogP contribution < -0.4 is 10.6 Å². The Hall–Kier alpha value is -1.10.